The molecule has 0 spiro atoms. The van der Waals surface area contributed by atoms with Crippen molar-refractivity contribution in [2.45, 2.75) is 20.3 Å². The summed E-state index contributed by atoms with van der Waals surface area (Å²) in [7, 11) is 0. The fraction of sp³-hybridized carbons (Fsp3) is 0.167. The van der Waals surface area contributed by atoms with E-state index in [1.54, 1.807) is 12.3 Å². The Hall–Kier alpha value is -2.18. The van der Waals surface area contributed by atoms with Gasteiger partial charge in [-0.1, -0.05) is 11.6 Å². The number of aryl methyl sites for hydroxylation is 1. The Bertz CT molecular complexity index is 904. The van der Waals surface area contributed by atoms with Crippen LogP contribution in [0.1, 0.15) is 17.0 Å². The Balaban J connectivity index is 1.79. The van der Waals surface area contributed by atoms with Gasteiger partial charge in [0.25, 0.3) is 0 Å². The van der Waals surface area contributed by atoms with Crippen molar-refractivity contribution in [3.05, 3.63) is 69.0 Å². The topological polar surface area (TPSA) is 59.8 Å². The maximum absolute atomic E-state index is 12.3. The first-order chi connectivity index (χ1) is 11.9. The van der Waals surface area contributed by atoms with Crippen molar-refractivity contribution in [1.29, 1.82) is 0 Å². The number of halogens is 2. The third-order valence-electron chi connectivity index (χ3n) is 3.84. The van der Waals surface area contributed by atoms with E-state index >= 15 is 0 Å². The average Bonchev–Trinajstić information content (AvgIpc) is 2.86. The lowest BCUT2D eigenvalue weighted by Crippen LogP contribution is -2.16. The van der Waals surface area contributed by atoms with Crippen molar-refractivity contribution in [2.75, 3.05) is 5.32 Å². The van der Waals surface area contributed by atoms with Crippen LogP contribution in [-0.2, 0) is 11.2 Å². The maximum atomic E-state index is 12.3. The number of amides is 1. The third-order valence-corrected chi connectivity index (χ3v) is 4.57. The Morgan fingerprint density at radius 1 is 1.20 bits per heavy atom. The van der Waals surface area contributed by atoms with Crippen LogP contribution in [0.25, 0.3) is 5.69 Å². The Kier molecular flexibility index (Phi) is 5.20. The van der Waals surface area contributed by atoms with Gasteiger partial charge < -0.3 is 5.32 Å². The lowest BCUT2D eigenvalue weighted by atomic mass is 10.1. The van der Waals surface area contributed by atoms with Crippen molar-refractivity contribution in [3.8, 4) is 5.69 Å². The second-order valence-corrected chi connectivity index (χ2v) is 6.98. The summed E-state index contributed by atoms with van der Waals surface area (Å²) in [4.78, 5) is 16.5. The van der Waals surface area contributed by atoms with E-state index < -0.39 is 0 Å². The SMILES string of the molecule is Cc1nn(-c2ccc(Cl)cc2)c(C)c1CC(=O)Nc1ccc(Br)cn1. The van der Waals surface area contributed by atoms with E-state index in [9.17, 15) is 4.79 Å². The molecule has 0 aliphatic carbocycles. The van der Waals surface area contributed by atoms with E-state index in [1.165, 1.54) is 0 Å². The van der Waals surface area contributed by atoms with E-state index in [0.717, 1.165) is 27.1 Å². The van der Waals surface area contributed by atoms with Crippen LogP contribution in [0.5, 0.6) is 0 Å². The molecule has 0 saturated heterocycles. The first-order valence-corrected chi connectivity index (χ1v) is 8.83. The molecule has 1 N–H and O–H groups in total. The second kappa shape index (κ2) is 7.37. The summed E-state index contributed by atoms with van der Waals surface area (Å²) in [5.41, 5.74) is 3.57. The summed E-state index contributed by atoms with van der Waals surface area (Å²) in [5, 5.41) is 8.03. The molecule has 0 aliphatic heterocycles. The number of aromatic nitrogens is 3. The molecule has 3 aromatic rings. The summed E-state index contributed by atoms with van der Waals surface area (Å²) < 4.78 is 2.69. The molecule has 2 aromatic heterocycles. The molecule has 128 valence electrons. The van der Waals surface area contributed by atoms with Gasteiger partial charge in [0, 0.05) is 26.9 Å². The molecule has 0 radical (unpaired) electrons. The summed E-state index contributed by atoms with van der Waals surface area (Å²) >= 11 is 9.26. The molecule has 0 aliphatic rings. The maximum Gasteiger partial charge on any atom is 0.230 e. The van der Waals surface area contributed by atoms with Crippen LogP contribution in [0.3, 0.4) is 0 Å². The van der Waals surface area contributed by atoms with Crippen LogP contribution in [0.2, 0.25) is 5.02 Å². The van der Waals surface area contributed by atoms with Gasteiger partial charge in [-0.2, -0.15) is 5.10 Å². The molecule has 5 nitrogen and oxygen atoms in total. The predicted octanol–water partition coefficient (Wildman–Crippen LogP) is 4.48. The number of anilines is 1. The molecule has 0 bridgehead atoms. The number of nitrogens with zero attached hydrogens (tertiary/aromatic N) is 3. The molecule has 7 heteroatoms. The van der Waals surface area contributed by atoms with E-state index in [2.05, 4.69) is 31.3 Å². The van der Waals surface area contributed by atoms with E-state index in [4.69, 9.17) is 11.6 Å². The number of carbonyl (C=O) groups is 1. The smallest absolute Gasteiger partial charge is 0.230 e. The summed E-state index contributed by atoms with van der Waals surface area (Å²) in [6, 6.07) is 11.0. The number of nitrogens with one attached hydrogen (secondary N) is 1. The lowest BCUT2D eigenvalue weighted by Gasteiger charge is -2.07. The minimum absolute atomic E-state index is 0.128. The molecular weight excluding hydrogens is 404 g/mol. The van der Waals surface area contributed by atoms with E-state index in [-0.39, 0.29) is 12.3 Å². The standard InChI is InChI=1S/C18H16BrClN4O/c1-11-16(9-18(25)22-17-8-3-13(19)10-21-17)12(2)24(23-11)15-6-4-14(20)5-7-15/h3-8,10H,9H2,1-2H3,(H,21,22,25). The van der Waals surface area contributed by atoms with Crippen molar-refractivity contribution < 1.29 is 4.79 Å². The zero-order valence-electron chi connectivity index (χ0n) is 13.8. The van der Waals surface area contributed by atoms with Gasteiger partial charge in [0.05, 0.1) is 17.8 Å². The molecule has 1 aromatic carbocycles. The quantitative estimate of drug-likeness (QED) is 0.678. The van der Waals surface area contributed by atoms with Crippen LogP contribution >= 0.6 is 27.5 Å². The van der Waals surface area contributed by atoms with E-state index in [1.807, 2.05) is 48.9 Å². The minimum atomic E-state index is -0.128. The largest absolute Gasteiger partial charge is 0.310 e. The highest BCUT2D eigenvalue weighted by molar-refractivity contribution is 9.10. The van der Waals surface area contributed by atoms with Crippen molar-refractivity contribution in [3.63, 3.8) is 0 Å². The zero-order valence-corrected chi connectivity index (χ0v) is 16.1. The molecule has 25 heavy (non-hydrogen) atoms. The molecule has 0 saturated carbocycles. The second-order valence-electron chi connectivity index (χ2n) is 5.62. The summed E-state index contributed by atoms with van der Waals surface area (Å²) in [6.45, 7) is 3.86. The average molecular weight is 420 g/mol. The molecular formula is C18H16BrClN4O. The number of carbonyl (C=O) groups excluding carboxylic acids is 1. The van der Waals surface area contributed by atoms with Gasteiger partial charge in [0.15, 0.2) is 0 Å². The molecule has 0 unspecified atom stereocenters. The number of rotatable bonds is 4. The van der Waals surface area contributed by atoms with Gasteiger partial charge in [-0.3, -0.25) is 4.79 Å². The number of benzene rings is 1. The van der Waals surface area contributed by atoms with E-state index in [0.29, 0.717) is 10.8 Å². The van der Waals surface area contributed by atoms with Crippen molar-refractivity contribution in [2.24, 2.45) is 0 Å². The molecule has 0 atom stereocenters. The minimum Gasteiger partial charge on any atom is -0.310 e. The van der Waals surface area contributed by atoms with Gasteiger partial charge in [-0.05, 0) is 66.2 Å². The third kappa shape index (κ3) is 4.08. The number of hydrogen-bond donors (Lipinski definition) is 1. The Morgan fingerprint density at radius 2 is 1.92 bits per heavy atom. The number of hydrogen-bond acceptors (Lipinski definition) is 3. The van der Waals surface area contributed by atoms with Gasteiger partial charge in [0.1, 0.15) is 5.82 Å². The fourth-order valence-electron chi connectivity index (χ4n) is 2.56. The van der Waals surface area contributed by atoms with Crippen LogP contribution in [0.15, 0.2) is 47.1 Å². The number of pyridine rings is 1. The molecule has 3 rings (SSSR count). The monoisotopic (exact) mass is 418 g/mol. The fourth-order valence-corrected chi connectivity index (χ4v) is 2.92. The molecule has 2 heterocycles. The first kappa shape index (κ1) is 17.6. The predicted molar refractivity (Wildman–Crippen MR) is 102 cm³/mol. The zero-order chi connectivity index (χ0) is 18.0. The lowest BCUT2D eigenvalue weighted by molar-refractivity contribution is -0.115. The Labute approximate surface area is 159 Å². The van der Waals surface area contributed by atoms with Crippen molar-refractivity contribution in [1.82, 2.24) is 14.8 Å². The van der Waals surface area contributed by atoms with Gasteiger partial charge in [-0.15, -0.1) is 0 Å². The highest BCUT2D eigenvalue weighted by Crippen LogP contribution is 2.20. The van der Waals surface area contributed by atoms with Crippen LogP contribution in [0.4, 0.5) is 5.82 Å². The van der Waals surface area contributed by atoms with Crippen LogP contribution in [-0.4, -0.2) is 20.7 Å². The normalized spacial score (nSPS) is 10.7. The van der Waals surface area contributed by atoms with Crippen LogP contribution in [0, 0.1) is 13.8 Å². The molecule has 1 amide bonds. The summed E-state index contributed by atoms with van der Waals surface area (Å²) in [5.74, 6) is 0.394. The van der Waals surface area contributed by atoms with Gasteiger partial charge in [-0.25, -0.2) is 9.67 Å². The molecule has 0 fully saturated rings. The highest BCUT2D eigenvalue weighted by atomic mass is 79.9. The Morgan fingerprint density at radius 3 is 2.56 bits per heavy atom. The van der Waals surface area contributed by atoms with Gasteiger partial charge >= 0.3 is 0 Å². The highest BCUT2D eigenvalue weighted by Gasteiger charge is 2.16. The van der Waals surface area contributed by atoms with Gasteiger partial charge in [0.2, 0.25) is 5.91 Å². The van der Waals surface area contributed by atoms with Crippen LogP contribution < -0.4 is 5.32 Å². The summed E-state index contributed by atoms with van der Waals surface area (Å²) in [6.07, 6.45) is 1.88. The first-order valence-electron chi connectivity index (χ1n) is 7.66. The van der Waals surface area contributed by atoms with Crippen molar-refractivity contribution >= 4 is 39.3 Å².